The van der Waals surface area contributed by atoms with Gasteiger partial charge >= 0.3 is 5.97 Å². The van der Waals surface area contributed by atoms with E-state index in [1.165, 1.54) is 7.11 Å². The first-order chi connectivity index (χ1) is 17.3. The summed E-state index contributed by atoms with van der Waals surface area (Å²) in [4.78, 5) is 13.2. The summed E-state index contributed by atoms with van der Waals surface area (Å²) in [6, 6.07) is 38.3. The minimum atomic E-state index is -0.335. The summed E-state index contributed by atoms with van der Waals surface area (Å²) in [6.45, 7) is 0. The standard InChI is InChI=1S/C30H24N2O2S/c1-34-30(33)25-19-11-12-20-27(25)35-21-26-28(22-13-5-2-6-14-22)29(23-15-7-3-8-16-23)31-32(26)24-17-9-4-10-18-24/h2-20H,21H2,1H3. The molecule has 0 spiro atoms. The second-order valence-corrected chi connectivity index (χ2v) is 8.94. The first-order valence-electron chi connectivity index (χ1n) is 11.3. The van der Waals surface area contributed by atoms with Crippen LogP contribution in [0.3, 0.4) is 0 Å². The van der Waals surface area contributed by atoms with Crippen LogP contribution in [0.4, 0.5) is 0 Å². The smallest absolute Gasteiger partial charge is 0.338 e. The van der Waals surface area contributed by atoms with Crippen LogP contribution in [0.1, 0.15) is 16.1 Å². The molecule has 5 rings (SSSR count). The largest absolute Gasteiger partial charge is 0.465 e. The van der Waals surface area contributed by atoms with Crippen molar-refractivity contribution < 1.29 is 9.53 Å². The van der Waals surface area contributed by atoms with Crippen LogP contribution in [0, 0.1) is 0 Å². The van der Waals surface area contributed by atoms with Crippen LogP contribution in [0.25, 0.3) is 28.1 Å². The van der Waals surface area contributed by atoms with Gasteiger partial charge in [-0.3, -0.25) is 0 Å². The molecule has 1 heterocycles. The molecule has 0 saturated carbocycles. The first kappa shape index (κ1) is 22.7. The molecule has 35 heavy (non-hydrogen) atoms. The molecule has 0 unspecified atom stereocenters. The number of benzene rings is 4. The Kier molecular flexibility index (Phi) is 6.77. The third-order valence-electron chi connectivity index (χ3n) is 5.75. The zero-order valence-corrected chi connectivity index (χ0v) is 20.1. The molecule has 172 valence electrons. The topological polar surface area (TPSA) is 44.1 Å². The number of hydrogen-bond acceptors (Lipinski definition) is 4. The van der Waals surface area contributed by atoms with Crippen molar-refractivity contribution in [1.82, 2.24) is 9.78 Å². The Morgan fingerprint density at radius 3 is 2.00 bits per heavy atom. The molecule has 0 amide bonds. The highest BCUT2D eigenvalue weighted by atomic mass is 32.2. The summed E-state index contributed by atoms with van der Waals surface area (Å²) >= 11 is 1.61. The molecule has 4 nitrogen and oxygen atoms in total. The number of aromatic nitrogens is 2. The van der Waals surface area contributed by atoms with Gasteiger partial charge in [-0.1, -0.05) is 91.0 Å². The molecule has 0 aliphatic rings. The lowest BCUT2D eigenvalue weighted by Crippen LogP contribution is -2.04. The molecule has 1 aromatic heterocycles. The molecule has 0 fully saturated rings. The summed E-state index contributed by atoms with van der Waals surface area (Å²) < 4.78 is 7.03. The van der Waals surface area contributed by atoms with Crippen LogP contribution in [-0.2, 0) is 10.5 Å². The second-order valence-electron chi connectivity index (χ2n) is 7.93. The fourth-order valence-corrected chi connectivity index (χ4v) is 5.13. The maximum Gasteiger partial charge on any atom is 0.338 e. The molecule has 0 bridgehead atoms. The van der Waals surface area contributed by atoms with Crippen LogP contribution in [0.5, 0.6) is 0 Å². The lowest BCUT2D eigenvalue weighted by atomic mass is 9.99. The molecular formula is C30H24N2O2S. The van der Waals surface area contributed by atoms with Gasteiger partial charge in [-0.2, -0.15) is 5.10 Å². The van der Waals surface area contributed by atoms with E-state index in [1.54, 1.807) is 17.8 Å². The SMILES string of the molecule is COC(=O)c1ccccc1SCc1c(-c2ccccc2)c(-c2ccccc2)nn1-c1ccccc1. The third kappa shape index (κ3) is 4.77. The van der Waals surface area contributed by atoms with E-state index >= 15 is 0 Å². The minimum Gasteiger partial charge on any atom is -0.465 e. The van der Waals surface area contributed by atoms with Gasteiger partial charge in [0, 0.05) is 21.8 Å². The summed E-state index contributed by atoms with van der Waals surface area (Å²) in [7, 11) is 1.41. The molecular weight excluding hydrogens is 452 g/mol. The highest BCUT2D eigenvalue weighted by Gasteiger charge is 2.22. The molecule has 0 N–H and O–H groups in total. The Morgan fingerprint density at radius 2 is 1.34 bits per heavy atom. The average molecular weight is 477 g/mol. The van der Waals surface area contributed by atoms with Gasteiger partial charge in [0.05, 0.1) is 24.1 Å². The Morgan fingerprint density at radius 1 is 0.771 bits per heavy atom. The fraction of sp³-hybridized carbons (Fsp3) is 0.0667. The fourth-order valence-electron chi connectivity index (χ4n) is 4.09. The number of rotatable bonds is 7. The van der Waals surface area contributed by atoms with Crippen molar-refractivity contribution in [3.63, 3.8) is 0 Å². The van der Waals surface area contributed by atoms with Crippen molar-refractivity contribution in [2.75, 3.05) is 7.11 Å². The van der Waals surface area contributed by atoms with E-state index in [9.17, 15) is 4.79 Å². The molecule has 0 saturated heterocycles. The van der Waals surface area contributed by atoms with Gasteiger partial charge in [0.25, 0.3) is 0 Å². The predicted octanol–water partition coefficient (Wildman–Crippen LogP) is 7.29. The van der Waals surface area contributed by atoms with Crippen molar-refractivity contribution in [3.8, 4) is 28.1 Å². The van der Waals surface area contributed by atoms with Gasteiger partial charge in [0.1, 0.15) is 5.69 Å². The van der Waals surface area contributed by atoms with E-state index in [-0.39, 0.29) is 5.97 Å². The predicted molar refractivity (Wildman–Crippen MR) is 142 cm³/mol. The molecule has 0 radical (unpaired) electrons. The normalized spacial score (nSPS) is 10.8. The number of carbonyl (C=O) groups excluding carboxylic acids is 1. The molecule has 0 aliphatic heterocycles. The van der Waals surface area contributed by atoms with Crippen molar-refractivity contribution in [2.45, 2.75) is 10.6 Å². The Labute approximate surface area is 209 Å². The van der Waals surface area contributed by atoms with Crippen LogP contribution in [0.15, 0.2) is 120 Å². The summed E-state index contributed by atoms with van der Waals surface area (Å²) in [5.74, 6) is 0.283. The van der Waals surface area contributed by atoms with Gasteiger partial charge in [-0.15, -0.1) is 11.8 Å². The Hall–Kier alpha value is -4.09. The molecule has 5 aromatic rings. The van der Waals surface area contributed by atoms with E-state index in [2.05, 4.69) is 36.4 Å². The van der Waals surface area contributed by atoms with Gasteiger partial charge in [0.15, 0.2) is 0 Å². The number of esters is 1. The second kappa shape index (κ2) is 10.5. The lowest BCUT2D eigenvalue weighted by molar-refractivity contribution is 0.0597. The maximum absolute atomic E-state index is 12.4. The number of nitrogens with zero attached hydrogens (tertiary/aromatic N) is 2. The molecule has 0 atom stereocenters. The third-order valence-corrected chi connectivity index (χ3v) is 6.83. The van der Waals surface area contributed by atoms with Crippen LogP contribution >= 0.6 is 11.8 Å². The summed E-state index contributed by atoms with van der Waals surface area (Å²) in [5.41, 5.74) is 6.79. The van der Waals surface area contributed by atoms with E-state index in [0.717, 1.165) is 38.7 Å². The highest BCUT2D eigenvalue weighted by Crippen LogP contribution is 2.39. The van der Waals surface area contributed by atoms with E-state index in [0.29, 0.717) is 11.3 Å². The van der Waals surface area contributed by atoms with Gasteiger partial charge < -0.3 is 4.74 Å². The number of methoxy groups -OCH3 is 1. The van der Waals surface area contributed by atoms with Crippen LogP contribution < -0.4 is 0 Å². The van der Waals surface area contributed by atoms with E-state index in [4.69, 9.17) is 9.84 Å². The molecule has 4 aromatic carbocycles. The van der Waals surface area contributed by atoms with Crippen LogP contribution in [-0.4, -0.2) is 22.9 Å². The van der Waals surface area contributed by atoms with Gasteiger partial charge in [-0.05, 0) is 29.8 Å². The Balaban J connectivity index is 1.68. The first-order valence-corrected chi connectivity index (χ1v) is 12.3. The Bertz CT molecular complexity index is 1430. The van der Waals surface area contributed by atoms with E-state index in [1.807, 2.05) is 77.5 Å². The van der Waals surface area contributed by atoms with Crippen molar-refractivity contribution in [2.24, 2.45) is 0 Å². The summed E-state index contributed by atoms with van der Waals surface area (Å²) in [6.07, 6.45) is 0. The van der Waals surface area contributed by atoms with Crippen LogP contribution in [0.2, 0.25) is 0 Å². The number of ether oxygens (including phenoxy) is 1. The lowest BCUT2D eigenvalue weighted by Gasteiger charge is -2.12. The van der Waals surface area contributed by atoms with E-state index < -0.39 is 0 Å². The maximum atomic E-state index is 12.4. The van der Waals surface area contributed by atoms with Gasteiger partial charge in [0.2, 0.25) is 0 Å². The molecule has 5 heteroatoms. The quantitative estimate of drug-likeness (QED) is 0.183. The number of carbonyl (C=O) groups is 1. The number of hydrogen-bond donors (Lipinski definition) is 0. The number of thioether (sulfide) groups is 1. The zero-order chi connectivity index (χ0) is 24.0. The zero-order valence-electron chi connectivity index (χ0n) is 19.3. The van der Waals surface area contributed by atoms with Crippen molar-refractivity contribution in [3.05, 3.63) is 127 Å². The van der Waals surface area contributed by atoms with Gasteiger partial charge in [-0.25, -0.2) is 9.48 Å². The van der Waals surface area contributed by atoms with Crippen molar-refractivity contribution >= 4 is 17.7 Å². The highest BCUT2D eigenvalue weighted by molar-refractivity contribution is 7.98. The van der Waals surface area contributed by atoms with Crippen molar-refractivity contribution in [1.29, 1.82) is 0 Å². The monoisotopic (exact) mass is 476 g/mol. The molecule has 0 aliphatic carbocycles. The minimum absolute atomic E-state index is 0.335. The number of para-hydroxylation sites is 1. The summed E-state index contributed by atoms with van der Waals surface area (Å²) in [5, 5.41) is 5.12. The average Bonchev–Trinajstić information content (AvgIpc) is 3.32.